The molecule has 2 heterocycles. The fourth-order valence-corrected chi connectivity index (χ4v) is 11.0. The molecule has 0 unspecified atom stereocenters. The van der Waals surface area contributed by atoms with Crippen molar-refractivity contribution in [2.75, 3.05) is 14.7 Å². The highest BCUT2D eigenvalue weighted by Crippen LogP contribution is 2.51. The summed E-state index contributed by atoms with van der Waals surface area (Å²) < 4.78 is 0. The van der Waals surface area contributed by atoms with E-state index in [1.807, 2.05) is 0 Å². The predicted octanol–water partition coefficient (Wildman–Crippen LogP) is 17.7. The van der Waals surface area contributed by atoms with Crippen molar-refractivity contribution in [3.05, 3.63) is 203 Å². The number of hydrogen-bond acceptors (Lipinski definition) is 3. The number of benzene rings is 8. The minimum absolute atomic E-state index is 0.0105. The maximum absolute atomic E-state index is 2.64. The summed E-state index contributed by atoms with van der Waals surface area (Å²) >= 11 is 0. The summed E-state index contributed by atoms with van der Waals surface area (Å²) in [5.74, 6) is 0. The van der Waals surface area contributed by atoms with Crippen LogP contribution in [0.15, 0.2) is 170 Å². The minimum Gasteiger partial charge on any atom is -0.311 e. The van der Waals surface area contributed by atoms with E-state index in [2.05, 4.69) is 295 Å². The van der Waals surface area contributed by atoms with Crippen molar-refractivity contribution in [3.63, 3.8) is 0 Å². The van der Waals surface area contributed by atoms with Crippen molar-refractivity contribution in [3.8, 4) is 11.1 Å². The lowest BCUT2D eigenvalue weighted by molar-refractivity contribution is 0.590. The van der Waals surface area contributed by atoms with Gasteiger partial charge in [0.05, 0.1) is 11.4 Å². The summed E-state index contributed by atoms with van der Waals surface area (Å²) in [6, 6.07) is 65.7. The maximum Gasteiger partial charge on any atom is 0.252 e. The second-order valence-electron chi connectivity index (χ2n) is 26.2. The average molecular weight is 958 g/mol. The molecule has 0 aliphatic carbocycles. The van der Waals surface area contributed by atoms with Crippen LogP contribution in [0, 0.1) is 6.92 Å². The largest absolute Gasteiger partial charge is 0.311 e. The van der Waals surface area contributed by atoms with Crippen LogP contribution in [0.2, 0.25) is 0 Å². The number of fused-ring (bicyclic) bond motifs is 4. The molecule has 3 nitrogen and oxygen atoms in total. The molecule has 370 valence electrons. The molecule has 73 heavy (non-hydrogen) atoms. The van der Waals surface area contributed by atoms with E-state index in [-0.39, 0.29) is 33.8 Å². The second-order valence-corrected chi connectivity index (χ2v) is 26.2. The van der Waals surface area contributed by atoms with Gasteiger partial charge in [-0.1, -0.05) is 206 Å². The Hall–Kier alpha value is -6.78. The van der Waals surface area contributed by atoms with Gasteiger partial charge in [-0.3, -0.25) is 0 Å². The Labute approximate surface area is 439 Å². The SMILES string of the molecule is Cc1ccc(N(c2ccccc2)c2cc3c4c(c2)N(c2ccc(C(C)(C)C)cc2-c2ccc(C(C)(C)C)cc2)c2ccc(C(C)(C)C)cc2B4c2cc(C(C)(C)C)ccc2N3c2ccc(C(C)(C)C)cc2)cc1. The highest BCUT2D eigenvalue weighted by atomic mass is 15.2. The van der Waals surface area contributed by atoms with E-state index in [1.54, 1.807) is 0 Å². The van der Waals surface area contributed by atoms with Gasteiger partial charge in [-0.15, -0.1) is 0 Å². The third-order valence-corrected chi connectivity index (χ3v) is 15.5. The average Bonchev–Trinajstić information content (AvgIpc) is 3.33. The molecule has 8 aromatic rings. The van der Waals surface area contributed by atoms with Gasteiger partial charge in [-0.2, -0.15) is 0 Å². The first kappa shape index (κ1) is 49.8. The summed E-state index contributed by atoms with van der Waals surface area (Å²) in [6.45, 7) is 37.0. The van der Waals surface area contributed by atoms with Crippen LogP contribution in [0.5, 0.6) is 0 Å². The van der Waals surface area contributed by atoms with Gasteiger partial charge in [0.1, 0.15) is 0 Å². The number of para-hydroxylation sites is 1. The zero-order valence-electron chi connectivity index (χ0n) is 46.6. The molecule has 2 aliphatic rings. The molecule has 0 atom stereocenters. The van der Waals surface area contributed by atoms with Gasteiger partial charge in [-0.25, -0.2) is 0 Å². The van der Waals surface area contributed by atoms with Crippen molar-refractivity contribution in [2.24, 2.45) is 0 Å². The molecular formula is C69H76BN3. The first-order valence-corrected chi connectivity index (χ1v) is 26.6. The third-order valence-electron chi connectivity index (χ3n) is 15.5. The number of anilines is 9. The molecular weight excluding hydrogens is 882 g/mol. The topological polar surface area (TPSA) is 9.72 Å². The molecule has 2 aliphatic heterocycles. The summed E-state index contributed by atoms with van der Waals surface area (Å²) in [4.78, 5) is 7.67. The quantitative estimate of drug-likeness (QED) is 0.154. The van der Waals surface area contributed by atoms with E-state index in [9.17, 15) is 0 Å². The van der Waals surface area contributed by atoms with Crippen molar-refractivity contribution < 1.29 is 0 Å². The summed E-state index contributed by atoms with van der Waals surface area (Å²) in [5.41, 5.74) is 24.5. The van der Waals surface area contributed by atoms with Gasteiger partial charge < -0.3 is 14.7 Å². The molecule has 10 rings (SSSR count). The highest BCUT2D eigenvalue weighted by molar-refractivity contribution is 7.00. The van der Waals surface area contributed by atoms with Gasteiger partial charge in [0.25, 0.3) is 6.71 Å². The van der Waals surface area contributed by atoms with Gasteiger partial charge in [0, 0.05) is 45.4 Å². The van der Waals surface area contributed by atoms with Gasteiger partial charge >= 0.3 is 0 Å². The first-order chi connectivity index (χ1) is 34.3. The first-order valence-electron chi connectivity index (χ1n) is 26.6. The van der Waals surface area contributed by atoms with E-state index in [4.69, 9.17) is 0 Å². The molecule has 0 fully saturated rings. The summed E-state index contributed by atoms with van der Waals surface area (Å²) in [6.07, 6.45) is 0. The molecule has 0 spiro atoms. The molecule has 0 saturated heterocycles. The smallest absolute Gasteiger partial charge is 0.252 e. The number of aryl methyl sites for hydroxylation is 1. The van der Waals surface area contributed by atoms with E-state index in [1.165, 1.54) is 83.6 Å². The van der Waals surface area contributed by atoms with Crippen LogP contribution in [0.3, 0.4) is 0 Å². The summed E-state index contributed by atoms with van der Waals surface area (Å²) in [7, 11) is 0. The maximum atomic E-state index is 2.64. The Morgan fingerprint density at radius 3 is 1.25 bits per heavy atom. The lowest BCUT2D eigenvalue weighted by atomic mass is 9.33. The Kier molecular flexibility index (Phi) is 12.1. The Morgan fingerprint density at radius 2 is 0.753 bits per heavy atom. The molecule has 0 saturated carbocycles. The number of nitrogens with zero attached hydrogens (tertiary/aromatic N) is 3. The van der Waals surface area contributed by atoms with Crippen molar-refractivity contribution in [1.29, 1.82) is 0 Å². The van der Waals surface area contributed by atoms with Crippen LogP contribution < -0.4 is 31.1 Å². The van der Waals surface area contributed by atoms with E-state index in [0.717, 1.165) is 28.4 Å². The third kappa shape index (κ3) is 9.21. The van der Waals surface area contributed by atoms with Crippen molar-refractivity contribution >= 4 is 74.3 Å². The van der Waals surface area contributed by atoms with Crippen molar-refractivity contribution in [1.82, 2.24) is 0 Å². The van der Waals surface area contributed by atoms with E-state index in [0.29, 0.717) is 0 Å². The predicted molar refractivity (Wildman–Crippen MR) is 319 cm³/mol. The lowest BCUT2D eigenvalue weighted by Crippen LogP contribution is -2.61. The monoisotopic (exact) mass is 958 g/mol. The highest BCUT2D eigenvalue weighted by Gasteiger charge is 2.45. The number of rotatable bonds is 6. The Balaban J connectivity index is 1.37. The van der Waals surface area contributed by atoms with Crippen LogP contribution in [0.4, 0.5) is 51.2 Å². The van der Waals surface area contributed by atoms with Crippen LogP contribution >= 0.6 is 0 Å². The van der Waals surface area contributed by atoms with Gasteiger partial charge in [0.2, 0.25) is 0 Å². The second kappa shape index (κ2) is 17.7. The van der Waals surface area contributed by atoms with Crippen LogP contribution in [0.1, 0.15) is 137 Å². The van der Waals surface area contributed by atoms with Crippen molar-refractivity contribution in [2.45, 2.75) is 138 Å². The standard InChI is InChI=1S/C69H76BN3/c1-45-22-33-53(34-23-45)71(52-20-18-17-19-21-52)55-43-62-64-63(44-55)73(59-37-30-49(67(8,9)10)40-56(59)46-24-26-47(27-25-46)65(2,3)4)61-39-32-51(69(14,15)16)42-58(61)70(64)57-41-50(68(11,12)13)31-38-60(57)72(62)54-35-28-48(29-36-54)66(5,6)7/h17-44H,1-16H3. The van der Waals surface area contributed by atoms with Gasteiger partial charge in [0.15, 0.2) is 0 Å². The molecule has 0 amide bonds. The minimum atomic E-state index is -0.0725. The molecule has 0 aromatic heterocycles. The Morgan fingerprint density at radius 1 is 0.342 bits per heavy atom. The Bertz CT molecular complexity index is 3350. The van der Waals surface area contributed by atoms with Crippen LogP contribution in [0.25, 0.3) is 11.1 Å². The molecule has 0 bridgehead atoms. The van der Waals surface area contributed by atoms with E-state index < -0.39 is 0 Å². The fraction of sp³-hybridized carbons (Fsp3) is 0.304. The fourth-order valence-electron chi connectivity index (χ4n) is 11.0. The van der Waals surface area contributed by atoms with Gasteiger partial charge in [-0.05, 0) is 157 Å². The molecule has 4 heteroatoms. The molecule has 0 N–H and O–H groups in total. The zero-order valence-corrected chi connectivity index (χ0v) is 46.6. The molecule has 0 radical (unpaired) electrons. The van der Waals surface area contributed by atoms with E-state index >= 15 is 0 Å². The van der Waals surface area contributed by atoms with Crippen LogP contribution in [-0.4, -0.2) is 6.71 Å². The number of hydrogen-bond donors (Lipinski definition) is 0. The summed E-state index contributed by atoms with van der Waals surface area (Å²) in [5, 5.41) is 0. The zero-order chi connectivity index (χ0) is 52.2. The lowest BCUT2D eigenvalue weighted by Gasteiger charge is -2.46. The normalized spacial score (nSPS) is 13.7. The van der Waals surface area contributed by atoms with Crippen LogP contribution in [-0.2, 0) is 27.1 Å². The molecule has 8 aromatic carbocycles.